The molecule has 8 aromatic carbocycles. The number of para-hydroxylation sites is 8. The van der Waals surface area contributed by atoms with Gasteiger partial charge in [-0.05, 0) is 113 Å². The van der Waals surface area contributed by atoms with Crippen LogP contribution in [0.25, 0.3) is 0 Å². The number of benzene rings is 8. The number of carbonyl (C=O) groups is 2. The fourth-order valence-corrected chi connectivity index (χ4v) is 11.9. The van der Waals surface area contributed by atoms with Crippen molar-refractivity contribution in [1.29, 1.82) is 0 Å². The van der Waals surface area contributed by atoms with Gasteiger partial charge in [-0.2, -0.15) is 121 Å². The summed E-state index contributed by atoms with van der Waals surface area (Å²) in [5, 5.41) is 16.7. The van der Waals surface area contributed by atoms with Crippen LogP contribution in [0.1, 0.15) is 118 Å². The van der Waals surface area contributed by atoms with Crippen LogP contribution in [0, 0.1) is 62.8 Å². The fraction of sp³-hybridized carbons (Fsp3) is 0.196. The molecule has 0 amide bonds. The van der Waals surface area contributed by atoms with Gasteiger partial charge in [0.1, 0.15) is 46.5 Å². The summed E-state index contributed by atoms with van der Waals surface area (Å²) < 4.78 is 0. The molecule has 23 heteroatoms. The first-order chi connectivity index (χ1) is 54.2. The number of aliphatic hydroxyl groups excluding tert-OH is 2. The van der Waals surface area contributed by atoms with Gasteiger partial charge in [0, 0.05) is 55.0 Å². The Morgan fingerprint density at radius 1 is 0.339 bits per heavy atom. The van der Waals surface area contributed by atoms with Crippen molar-refractivity contribution in [2.75, 3.05) is 39.2 Å². The zero-order chi connectivity index (χ0) is 79.2. The van der Waals surface area contributed by atoms with E-state index in [1.807, 2.05) is 236 Å². The van der Waals surface area contributed by atoms with Gasteiger partial charge in [-0.15, -0.1) is 49.4 Å². The number of anilines is 16. The molecule has 0 fully saturated rings. The minimum Gasteiger partial charge on any atom is -0.512 e. The molecule has 0 unspecified atom stereocenters. The molecule has 0 atom stereocenters. The molecule has 597 valence electrons. The van der Waals surface area contributed by atoms with Gasteiger partial charge in [-0.25, -0.2) is 39.9 Å². The number of aromatic nitrogens is 8. The number of rotatable bonds is 16. The van der Waals surface area contributed by atoms with Gasteiger partial charge in [0.25, 0.3) is 0 Å². The van der Waals surface area contributed by atoms with Crippen LogP contribution in [0.3, 0.4) is 0 Å². The molecule has 0 saturated carbocycles. The van der Waals surface area contributed by atoms with E-state index in [1.165, 1.54) is 39.8 Å². The number of ketones is 2. The van der Waals surface area contributed by atoms with Crippen LogP contribution in [0.15, 0.2) is 267 Å². The molecule has 20 nitrogen and oxygen atoms in total. The Labute approximate surface area is 719 Å². The third kappa shape index (κ3) is 24.0. The first-order valence-electron chi connectivity index (χ1n) is 37.2. The topological polar surface area (TPSA) is 204 Å². The van der Waals surface area contributed by atoms with Gasteiger partial charge in [-0.3, -0.25) is 9.59 Å². The van der Waals surface area contributed by atoms with Crippen molar-refractivity contribution in [2.24, 2.45) is 11.8 Å². The van der Waals surface area contributed by atoms with E-state index >= 15 is 0 Å². The maximum atomic E-state index is 10.0. The number of hydrogen-bond donors (Lipinski definition) is 2. The SMILES string of the molecule is CC(=O)C=C(C)O.CC(=O)C=C(C)O.CC(C)Cc1cnc2c(n1)N(c1[c-]cccc1)[CH-]N2c1ccccc1.CC(C)Cc1cnc2c(n1)N(c1ccccc1)[CH-]N2c1[c-]cccc1.CC(C)c1cnc2c(n1)N(c1[c-]cccc1)[CH-]N2c1ccccc1.CC(C)c1cnc2c(n1)N(c1ccccc1)[CH-]N2c1[c-]cccc1.[Ir].[Pt+2].[Pt+2]. The second-order valence-electron chi connectivity index (χ2n) is 28.0. The van der Waals surface area contributed by atoms with Crippen molar-refractivity contribution in [3.63, 3.8) is 0 Å². The van der Waals surface area contributed by atoms with E-state index in [9.17, 15) is 9.59 Å². The van der Waals surface area contributed by atoms with E-state index in [1.54, 1.807) is 0 Å². The number of allylic oxidation sites excluding steroid dienone is 4. The number of carbonyl (C=O) groups excluding carboxylic acids is 2. The molecule has 0 bridgehead atoms. The second-order valence-corrected chi connectivity index (χ2v) is 28.0. The number of fused-ring (bicyclic) bond motifs is 4. The second kappa shape index (κ2) is 43.4. The Hall–Kier alpha value is -11.1. The normalized spacial score (nSPS) is 12.8. The molecule has 115 heavy (non-hydrogen) atoms. The monoisotopic (exact) mass is 2070 g/mol. The van der Waals surface area contributed by atoms with Crippen LogP contribution >= 0.6 is 0 Å². The maximum Gasteiger partial charge on any atom is 2.00 e. The molecule has 12 aromatic rings. The molecule has 16 rings (SSSR count). The van der Waals surface area contributed by atoms with Crippen LogP contribution in [0.2, 0.25) is 0 Å². The van der Waals surface area contributed by atoms with Crippen molar-refractivity contribution >= 4 is 104 Å². The molecular formula is C92H92IrN16O4Pt2-4. The fourth-order valence-electron chi connectivity index (χ4n) is 11.9. The molecule has 0 aliphatic carbocycles. The smallest absolute Gasteiger partial charge is 0.512 e. The Morgan fingerprint density at radius 2 is 0.574 bits per heavy atom. The van der Waals surface area contributed by atoms with Crippen molar-refractivity contribution in [2.45, 2.75) is 108 Å². The number of aliphatic hydroxyl groups is 2. The average Bonchev–Trinajstić information content (AvgIpc) is 1.65. The standard InChI is InChI=1S/2C21H20N4.2C20H18N4.2C5H8O2.Ir.2Pt/c2*1-16(2)13-17-14-22-20-21(23-17)25(19-11-7-4-8-12-19)15-24(20)18-9-5-3-6-10-18;2*1-15(2)18-13-21-19-20(22-18)24(17-11-7-4-8-12-17)14-23(19)16-9-5-3-6-10-16;2*1-4(6)3-5(2)7;;;/h3-9,11-12,14-16H,13H2,1-2H3;3-11,14-16H,13H2,1-2H3;3-9,11-15H,1-2H3;3-11,13-15H,1-2H3;2*3,6H,1-2H3;;;/q4*-2;;;;2*+2. The molecule has 4 aliphatic rings. The molecule has 0 spiro atoms. The summed E-state index contributed by atoms with van der Waals surface area (Å²) in [6.07, 6.45) is 11.7. The Kier molecular flexibility index (Phi) is 33.8. The van der Waals surface area contributed by atoms with Crippen LogP contribution < -0.4 is 39.2 Å². The van der Waals surface area contributed by atoms with E-state index < -0.39 is 0 Å². The van der Waals surface area contributed by atoms with Crippen LogP contribution in [-0.4, -0.2) is 61.7 Å². The molecule has 0 saturated heterocycles. The van der Waals surface area contributed by atoms with Crippen LogP contribution in [0.5, 0.6) is 0 Å². The molecule has 8 heterocycles. The summed E-state index contributed by atoms with van der Waals surface area (Å²) in [5.41, 5.74) is 12.1. The van der Waals surface area contributed by atoms with Crippen LogP contribution in [0.4, 0.5) is 92.0 Å². The van der Waals surface area contributed by atoms with E-state index in [0.717, 1.165) is 128 Å². The van der Waals surface area contributed by atoms with Crippen molar-refractivity contribution in [3.05, 3.63) is 341 Å². The molecule has 2 N–H and O–H groups in total. The van der Waals surface area contributed by atoms with Crippen molar-refractivity contribution in [1.82, 2.24) is 39.9 Å². The summed E-state index contributed by atoms with van der Waals surface area (Å²) in [4.78, 5) is 74.8. The predicted molar refractivity (Wildman–Crippen MR) is 449 cm³/mol. The summed E-state index contributed by atoms with van der Waals surface area (Å²) in [5.74, 6) is 8.36. The predicted octanol–water partition coefficient (Wildman–Crippen LogP) is 21.5. The minimum absolute atomic E-state index is 0. The van der Waals surface area contributed by atoms with Crippen molar-refractivity contribution < 1.29 is 82.0 Å². The van der Waals surface area contributed by atoms with Crippen molar-refractivity contribution in [3.8, 4) is 0 Å². The average molecular weight is 2070 g/mol. The van der Waals surface area contributed by atoms with Gasteiger partial charge in [0.15, 0.2) is 11.6 Å². The minimum atomic E-state index is -0.125. The Morgan fingerprint density at radius 3 is 0.817 bits per heavy atom. The van der Waals surface area contributed by atoms with E-state index in [2.05, 4.69) is 158 Å². The van der Waals surface area contributed by atoms with E-state index in [0.29, 0.717) is 23.7 Å². The van der Waals surface area contributed by atoms with E-state index in [4.69, 9.17) is 45.1 Å². The quantitative estimate of drug-likeness (QED) is 0.0524. The molecule has 4 aliphatic heterocycles. The van der Waals surface area contributed by atoms with Gasteiger partial charge in [0.2, 0.25) is 0 Å². The largest absolute Gasteiger partial charge is 2.00 e. The third-order valence-electron chi connectivity index (χ3n) is 17.0. The Balaban J connectivity index is 0.000000180. The van der Waals surface area contributed by atoms with E-state index in [-0.39, 0.29) is 85.3 Å². The summed E-state index contributed by atoms with van der Waals surface area (Å²) in [6.45, 7) is 31.1. The zero-order valence-electron chi connectivity index (χ0n) is 66.1. The van der Waals surface area contributed by atoms with Crippen LogP contribution in [-0.2, 0) is 84.7 Å². The van der Waals surface area contributed by atoms with Gasteiger partial charge in [-0.1, -0.05) is 128 Å². The number of nitrogens with zero attached hydrogens (tertiary/aromatic N) is 16. The zero-order valence-corrected chi connectivity index (χ0v) is 73.1. The summed E-state index contributed by atoms with van der Waals surface area (Å²) in [6, 6.07) is 85.6. The molecule has 1 radical (unpaired) electrons. The van der Waals surface area contributed by atoms with Gasteiger partial charge >= 0.3 is 42.1 Å². The third-order valence-corrected chi connectivity index (χ3v) is 17.0. The molecule has 4 aromatic heterocycles. The maximum absolute atomic E-state index is 10.0. The first kappa shape index (κ1) is 89.5. The summed E-state index contributed by atoms with van der Waals surface area (Å²) in [7, 11) is 0. The molecular weight excluding hydrogens is 1980 g/mol. The number of hydrogen-bond acceptors (Lipinski definition) is 20. The Bertz CT molecular complexity index is 4760. The van der Waals surface area contributed by atoms with Gasteiger partial charge in [0.05, 0.1) is 59.1 Å². The summed E-state index contributed by atoms with van der Waals surface area (Å²) >= 11 is 0. The van der Waals surface area contributed by atoms with Gasteiger partial charge < -0.3 is 49.4 Å². The first-order valence-corrected chi connectivity index (χ1v) is 37.2.